The van der Waals surface area contributed by atoms with Crippen LogP contribution in [-0.2, 0) is 13.0 Å². The Kier molecular flexibility index (Phi) is 3.88. The van der Waals surface area contributed by atoms with Crippen LogP contribution >= 0.6 is 0 Å². The van der Waals surface area contributed by atoms with Crippen LogP contribution in [0, 0.1) is 19.8 Å². The Hall–Kier alpha value is -1.95. The van der Waals surface area contributed by atoms with Gasteiger partial charge in [-0.2, -0.15) is 5.10 Å². The molecule has 1 aliphatic heterocycles. The topological polar surface area (TPSA) is 64.2 Å². The Bertz CT molecular complexity index is 670. The zero-order chi connectivity index (χ0) is 14.8. The van der Waals surface area contributed by atoms with Gasteiger partial charge in [-0.25, -0.2) is 4.68 Å². The van der Waals surface area contributed by atoms with Crippen molar-refractivity contribution in [3.63, 3.8) is 0 Å². The predicted molar refractivity (Wildman–Crippen MR) is 78.1 cm³/mol. The highest BCUT2D eigenvalue weighted by molar-refractivity contribution is 5.03. The molecular formula is C15H20N4O2. The Morgan fingerprint density at radius 3 is 2.81 bits per heavy atom. The summed E-state index contributed by atoms with van der Waals surface area (Å²) in [5.74, 6) is 1.45. The zero-order valence-electron chi connectivity index (χ0n) is 12.5. The molecule has 0 saturated carbocycles. The lowest BCUT2D eigenvalue weighted by Crippen LogP contribution is -2.50. The van der Waals surface area contributed by atoms with Gasteiger partial charge in [0.05, 0.1) is 17.9 Å². The van der Waals surface area contributed by atoms with Crippen molar-refractivity contribution in [1.82, 2.24) is 19.8 Å². The standard InChI is InChI=1S/C15H20N4O2/c1-11-3-4-15(20)19(16-11)10-13-8-18(9-13)6-5-14-7-12(2)17-21-14/h3-4,7,13H,5-6,8-10H2,1-2H3. The monoisotopic (exact) mass is 288 g/mol. The molecule has 0 spiro atoms. The molecule has 2 aromatic rings. The Balaban J connectivity index is 1.45. The molecule has 0 aliphatic carbocycles. The van der Waals surface area contributed by atoms with Crippen LogP contribution in [0.4, 0.5) is 0 Å². The molecule has 3 heterocycles. The molecule has 112 valence electrons. The fourth-order valence-electron chi connectivity index (χ4n) is 2.70. The van der Waals surface area contributed by atoms with Crippen LogP contribution in [0.3, 0.4) is 0 Å². The summed E-state index contributed by atoms with van der Waals surface area (Å²) < 4.78 is 6.78. The van der Waals surface area contributed by atoms with Gasteiger partial charge in [-0.15, -0.1) is 0 Å². The third-order valence-electron chi connectivity index (χ3n) is 3.82. The number of rotatable bonds is 5. The van der Waals surface area contributed by atoms with E-state index in [4.69, 9.17) is 4.52 Å². The first-order valence-corrected chi connectivity index (χ1v) is 7.29. The number of aromatic nitrogens is 3. The van der Waals surface area contributed by atoms with E-state index in [-0.39, 0.29) is 5.56 Å². The van der Waals surface area contributed by atoms with Crippen LogP contribution < -0.4 is 5.56 Å². The summed E-state index contributed by atoms with van der Waals surface area (Å²) in [6, 6.07) is 5.32. The van der Waals surface area contributed by atoms with E-state index in [0.29, 0.717) is 12.5 Å². The van der Waals surface area contributed by atoms with Gasteiger partial charge in [-0.05, 0) is 19.9 Å². The van der Waals surface area contributed by atoms with E-state index in [0.717, 1.165) is 43.2 Å². The lowest BCUT2D eigenvalue weighted by atomic mass is 10.00. The maximum atomic E-state index is 11.7. The molecule has 21 heavy (non-hydrogen) atoms. The predicted octanol–water partition coefficient (Wildman–Crippen LogP) is 1.02. The second-order valence-corrected chi connectivity index (χ2v) is 5.81. The van der Waals surface area contributed by atoms with E-state index in [1.165, 1.54) is 0 Å². The summed E-state index contributed by atoms with van der Waals surface area (Å²) >= 11 is 0. The molecule has 6 heteroatoms. The average Bonchev–Trinajstić information content (AvgIpc) is 2.82. The van der Waals surface area contributed by atoms with Crippen LogP contribution in [0.2, 0.25) is 0 Å². The largest absolute Gasteiger partial charge is 0.361 e. The van der Waals surface area contributed by atoms with Crippen molar-refractivity contribution < 1.29 is 4.52 Å². The maximum Gasteiger partial charge on any atom is 0.266 e. The SMILES string of the molecule is Cc1cc(CCN2CC(Cn3nc(C)ccc3=O)C2)on1. The summed E-state index contributed by atoms with van der Waals surface area (Å²) in [6.07, 6.45) is 0.885. The lowest BCUT2D eigenvalue weighted by Gasteiger charge is -2.39. The van der Waals surface area contributed by atoms with Gasteiger partial charge in [-0.3, -0.25) is 4.79 Å². The zero-order valence-corrected chi connectivity index (χ0v) is 12.5. The quantitative estimate of drug-likeness (QED) is 0.822. The molecule has 1 saturated heterocycles. The van der Waals surface area contributed by atoms with Gasteiger partial charge in [0.25, 0.3) is 5.56 Å². The number of aryl methyl sites for hydroxylation is 2. The van der Waals surface area contributed by atoms with Gasteiger partial charge in [0.2, 0.25) is 0 Å². The number of hydrogen-bond donors (Lipinski definition) is 0. The fourth-order valence-corrected chi connectivity index (χ4v) is 2.70. The van der Waals surface area contributed by atoms with Crippen molar-refractivity contribution in [3.05, 3.63) is 45.7 Å². The second-order valence-electron chi connectivity index (χ2n) is 5.81. The van der Waals surface area contributed by atoms with Crippen molar-refractivity contribution in [3.8, 4) is 0 Å². The molecule has 0 N–H and O–H groups in total. The van der Waals surface area contributed by atoms with Crippen LogP contribution in [0.15, 0.2) is 27.5 Å². The first-order valence-electron chi connectivity index (χ1n) is 7.29. The molecule has 0 bridgehead atoms. The normalized spacial score (nSPS) is 16.1. The molecule has 0 unspecified atom stereocenters. The Morgan fingerprint density at radius 2 is 2.10 bits per heavy atom. The smallest absolute Gasteiger partial charge is 0.266 e. The number of hydrogen-bond acceptors (Lipinski definition) is 5. The van der Waals surface area contributed by atoms with Gasteiger partial charge in [-0.1, -0.05) is 5.16 Å². The number of likely N-dealkylation sites (tertiary alicyclic amines) is 1. The third-order valence-corrected chi connectivity index (χ3v) is 3.82. The minimum absolute atomic E-state index is 0.0174. The summed E-state index contributed by atoms with van der Waals surface area (Å²) in [4.78, 5) is 14.1. The molecule has 0 radical (unpaired) electrons. The molecule has 0 atom stereocenters. The minimum atomic E-state index is -0.0174. The first kappa shape index (κ1) is 14.0. The number of nitrogens with zero attached hydrogens (tertiary/aromatic N) is 4. The molecule has 3 rings (SSSR count). The van der Waals surface area contributed by atoms with E-state index in [1.54, 1.807) is 16.8 Å². The summed E-state index contributed by atoms with van der Waals surface area (Å²) in [5, 5.41) is 8.17. The fraction of sp³-hybridized carbons (Fsp3) is 0.533. The van der Waals surface area contributed by atoms with Gasteiger partial charge in [0.1, 0.15) is 5.76 Å². The first-order chi connectivity index (χ1) is 10.1. The average molecular weight is 288 g/mol. The third kappa shape index (κ3) is 3.39. The van der Waals surface area contributed by atoms with E-state index in [1.807, 2.05) is 19.9 Å². The Labute approximate surface area is 123 Å². The van der Waals surface area contributed by atoms with Crippen LogP contribution in [-0.4, -0.2) is 39.5 Å². The molecule has 6 nitrogen and oxygen atoms in total. The summed E-state index contributed by atoms with van der Waals surface area (Å²) in [6.45, 7) is 7.53. The molecule has 0 amide bonds. The minimum Gasteiger partial charge on any atom is -0.361 e. The van der Waals surface area contributed by atoms with Gasteiger partial charge in [0.15, 0.2) is 0 Å². The van der Waals surface area contributed by atoms with E-state index in [2.05, 4.69) is 15.2 Å². The van der Waals surface area contributed by atoms with Crippen molar-refractivity contribution in [2.75, 3.05) is 19.6 Å². The van der Waals surface area contributed by atoms with Gasteiger partial charge < -0.3 is 9.42 Å². The molecule has 2 aromatic heterocycles. The van der Waals surface area contributed by atoms with Crippen molar-refractivity contribution in [2.45, 2.75) is 26.8 Å². The van der Waals surface area contributed by atoms with Gasteiger partial charge in [0, 0.05) is 44.1 Å². The molecular weight excluding hydrogens is 268 g/mol. The Morgan fingerprint density at radius 1 is 1.29 bits per heavy atom. The van der Waals surface area contributed by atoms with E-state index in [9.17, 15) is 4.79 Å². The molecule has 1 aliphatic rings. The van der Waals surface area contributed by atoms with Crippen LogP contribution in [0.25, 0.3) is 0 Å². The summed E-state index contributed by atoms with van der Waals surface area (Å²) in [7, 11) is 0. The maximum absolute atomic E-state index is 11.7. The highest BCUT2D eigenvalue weighted by Crippen LogP contribution is 2.17. The summed E-state index contributed by atoms with van der Waals surface area (Å²) in [5.41, 5.74) is 1.79. The molecule has 1 fully saturated rings. The van der Waals surface area contributed by atoms with Crippen molar-refractivity contribution in [1.29, 1.82) is 0 Å². The van der Waals surface area contributed by atoms with E-state index < -0.39 is 0 Å². The highest BCUT2D eigenvalue weighted by Gasteiger charge is 2.27. The van der Waals surface area contributed by atoms with Gasteiger partial charge >= 0.3 is 0 Å². The van der Waals surface area contributed by atoms with Crippen molar-refractivity contribution in [2.24, 2.45) is 5.92 Å². The molecule has 0 aromatic carbocycles. The van der Waals surface area contributed by atoms with Crippen molar-refractivity contribution >= 4 is 0 Å². The highest BCUT2D eigenvalue weighted by atomic mass is 16.5. The van der Waals surface area contributed by atoms with Crippen LogP contribution in [0.5, 0.6) is 0 Å². The van der Waals surface area contributed by atoms with Crippen LogP contribution in [0.1, 0.15) is 17.1 Å². The van der Waals surface area contributed by atoms with E-state index >= 15 is 0 Å². The second kappa shape index (κ2) is 5.81. The lowest BCUT2D eigenvalue weighted by molar-refractivity contribution is 0.0834.